The van der Waals surface area contributed by atoms with E-state index < -0.39 is 56.7 Å². The molecule has 4 rings (SSSR count). The van der Waals surface area contributed by atoms with Crippen LogP contribution in [0, 0.1) is 5.82 Å². The van der Waals surface area contributed by atoms with Crippen molar-refractivity contribution in [3.8, 4) is 10.6 Å². The summed E-state index contributed by atoms with van der Waals surface area (Å²) in [5.74, 6) is -2.40. The molecular weight excluding hydrogens is 467 g/mol. The molecule has 9 nitrogen and oxygen atoms in total. The van der Waals surface area contributed by atoms with E-state index in [1.54, 1.807) is 17.8 Å². The van der Waals surface area contributed by atoms with E-state index in [-0.39, 0.29) is 10.7 Å². The fourth-order valence-corrected chi connectivity index (χ4v) is 4.64. The number of hydrogen-bond acceptors (Lipinski definition) is 6. The number of carbonyl (C=O) groups is 1. The van der Waals surface area contributed by atoms with Crippen molar-refractivity contribution in [2.45, 2.75) is 18.4 Å². The normalized spacial score (nSPS) is 31.5. The van der Waals surface area contributed by atoms with E-state index >= 15 is 0 Å². The molecule has 3 atom stereocenters. The molecule has 1 aromatic carbocycles. The van der Waals surface area contributed by atoms with Gasteiger partial charge in [0.1, 0.15) is 16.8 Å². The van der Waals surface area contributed by atoms with Crippen molar-refractivity contribution in [1.29, 1.82) is 0 Å². The van der Waals surface area contributed by atoms with Gasteiger partial charge in [0.25, 0.3) is 10.2 Å². The summed E-state index contributed by atoms with van der Waals surface area (Å²) in [6, 6.07) is -3.27. The number of thiazole rings is 1. The first-order valence-electron chi connectivity index (χ1n) is 11.6. The predicted octanol–water partition coefficient (Wildman–Crippen LogP) is 2.55. The molecule has 0 saturated carbocycles. The molecule has 3 heterocycles. The molecule has 164 valence electrons. The quantitative estimate of drug-likeness (QED) is 0.584. The lowest BCUT2D eigenvalue weighted by Crippen LogP contribution is -2.55. The Bertz CT molecular complexity index is 1490. The Morgan fingerprint density at radius 3 is 3.00 bits per heavy atom. The van der Waals surface area contributed by atoms with E-state index in [1.807, 2.05) is 4.72 Å². The van der Waals surface area contributed by atoms with Crippen LogP contribution in [0.1, 0.15) is 25.6 Å². The number of carbonyl (C=O) groups excluding carboxylic acids is 1. The maximum Gasteiger partial charge on any atom is 0.280 e. The molecule has 13 heteroatoms. The number of likely N-dealkylation sites (N-methyl/N-ethyl adjacent to an activating group) is 1. The van der Waals surface area contributed by atoms with E-state index in [9.17, 15) is 17.6 Å². The summed E-state index contributed by atoms with van der Waals surface area (Å²) < 4.78 is 92.4. The van der Waals surface area contributed by atoms with E-state index in [0.29, 0.717) is 10.6 Å². The van der Waals surface area contributed by atoms with Crippen LogP contribution in [0.3, 0.4) is 0 Å². The number of nitrogens with one attached hydrogen (secondary N) is 2. The third-order valence-electron chi connectivity index (χ3n) is 4.08. The lowest BCUT2D eigenvalue weighted by molar-refractivity contribution is -0.120. The third kappa shape index (κ3) is 4.48. The van der Waals surface area contributed by atoms with Crippen LogP contribution in [0.25, 0.3) is 10.6 Å². The number of imidazole rings is 1. The molecule has 31 heavy (non-hydrogen) atoms. The second-order valence-electron chi connectivity index (χ2n) is 6.35. The van der Waals surface area contributed by atoms with Gasteiger partial charge in [-0.3, -0.25) is 4.79 Å². The van der Waals surface area contributed by atoms with Crippen molar-refractivity contribution in [2.24, 2.45) is 7.05 Å². The molecule has 2 N–H and O–H groups in total. The van der Waals surface area contributed by atoms with Crippen molar-refractivity contribution in [3.63, 3.8) is 0 Å². The van der Waals surface area contributed by atoms with Crippen LogP contribution in [0.15, 0.2) is 36.9 Å². The van der Waals surface area contributed by atoms with Gasteiger partial charge in [-0.15, -0.1) is 11.3 Å². The molecule has 0 radical (unpaired) electrons. The molecule has 1 amide bonds. The van der Waals surface area contributed by atoms with Crippen molar-refractivity contribution in [1.82, 2.24) is 23.6 Å². The number of aromatic nitrogens is 3. The van der Waals surface area contributed by atoms with Crippen molar-refractivity contribution >= 4 is 44.7 Å². The van der Waals surface area contributed by atoms with Gasteiger partial charge >= 0.3 is 0 Å². The van der Waals surface area contributed by atoms with Gasteiger partial charge in [0.05, 0.1) is 30.7 Å². The number of halogens is 2. The van der Waals surface area contributed by atoms with Crippen LogP contribution in [0.5, 0.6) is 0 Å². The van der Waals surface area contributed by atoms with Crippen LogP contribution in [-0.2, 0) is 22.1 Å². The van der Waals surface area contributed by atoms with Gasteiger partial charge in [-0.05, 0) is 24.6 Å². The Morgan fingerprint density at radius 2 is 2.32 bits per heavy atom. The number of hydrogen-bond donors (Lipinski definition) is 2. The first-order valence-corrected chi connectivity index (χ1v) is 11.1. The first kappa shape index (κ1) is 15.4. The lowest BCUT2D eigenvalue weighted by atomic mass is 10.1. The van der Waals surface area contributed by atoms with E-state index in [1.165, 1.54) is 12.5 Å². The van der Waals surface area contributed by atoms with Crippen molar-refractivity contribution < 1.29 is 25.8 Å². The first-order chi connectivity index (χ1) is 17.0. The fourth-order valence-electron chi connectivity index (χ4n) is 2.63. The van der Waals surface area contributed by atoms with Gasteiger partial charge in [0, 0.05) is 37.6 Å². The number of anilines is 1. The molecule has 1 aliphatic rings. The summed E-state index contributed by atoms with van der Waals surface area (Å²) >= 11 is 6.50. The molecule has 2 aromatic heterocycles. The minimum atomic E-state index is -5.26. The highest BCUT2D eigenvalue weighted by Gasteiger charge is 2.41. The summed E-state index contributed by atoms with van der Waals surface area (Å²) in [5.41, 5.74) is 0.237. The minimum Gasteiger partial charge on any atom is -0.340 e. The van der Waals surface area contributed by atoms with Crippen LogP contribution >= 0.6 is 22.9 Å². The van der Waals surface area contributed by atoms with E-state index in [2.05, 4.69) is 15.3 Å². The van der Waals surface area contributed by atoms with Gasteiger partial charge in [-0.2, -0.15) is 17.4 Å². The summed E-state index contributed by atoms with van der Waals surface area (Å²) in [7, 11) is -3.54. The predicted molar refractivity (Wildman–Crippen MR) is 115 cm³/mol. The maximum absolute atomic E-state index is 13.5. The number of aryl methyl sites for hydroxylation is 1. The highest BCUT2D eigenvalue weighted by molar-refractivity contribution is 7.87. The van der Waals surface area contributed by atoms with Gasteiger partial charge in [0.2, 0.25) is 5.91 Å². The zero-order valence-electron chi connectivity index (χ0n) is 21.6. The third-order valence-corrected chi connectivity index (χ3v) is 6.58. The number of amides is 1. The molecule has 0 bridgehead atoms. The Kier molecular flexibility index (Phi) is 4.12. The number of benzene rings is 1. The zero-order valence-corrected chi connectivity index (χ0v) is 18.0. The van der Waals surface area contributed by atoms with E-state index in [0.717, 1.165) is 29.5 Å². The highest BCUT2D eigenvalue weighted by atomic mass is 35.5. The van der Waals surface area contributed by atoms with Gasteiger partial charge < -0.3 is 9.88 Å². The Morgan fingerprint density at radius 1 is 1.52 bits per heavy atom. The minimum absolute atomic E-state index is 0.195. The smallest absolute Gasteiger partial charge is 0.280 e. The van der Waals surface area contributed by atoms with Crippen LogP contribution in [-0.4, -0.2) is 46.2 Å². The summed E-state index contributed by atoms with van der Waals surface area (Å²) in [6.45, 7) is -3.60. The van der Waals surface area contributed by atoms with Gasteiger partial charge in [-0.25, -0.2) is 14.4 Å². The fraction of sp³-hybridized carbons (Fsp3) is 0.278. The Hall–Kier alpha value is -2.38. The number of nitrogens with zero attached hydrogens (tertiary/aromatic N) is 4. The van der Waals surface area contributed by atoms with Crippen molar-refractivity contribution in [3.05, 3.63) is 52.8 Å². The second-order valence-corrected chi connectivity index (χ2v) is 9.31. The molecule has 0 spiro atoms. The summed E-state index contributed by atoms with van der Waals surface area (Å²) in [6.07, 6.45) is 2.02. The SMILES string of the molecule is [2H]C1[C@]([2H])(C(=O)Nc2ccc(F)c(Cl)c2)N(C([2H])([2H])[2H])S(=O)(=O)N[C@]1([2H])c1ncc(-c2cn(C)cn2)s1. The van der Waals surface area contributed by atoms with Gasteiger partial charge in [0.15, 0.2) is 0 Å². The average molecular weight is 491 g/mol. The molecule has 1 fully saturated rings. The number of rotatable bonds is 4. The largest absolute Gasteiger partial charge is 0.340 e. The lowest BCUT2D eigenvalue weighted by Gasteiger charge is -2.35. The Labute approximate surface area is 195 Å². The molecule has 1 saturated heterocycles. The monoisotopic (exact) mass is 490 g/mol. The second kappa shape index (κ2) is 8.28. The molecule has 1 unspecified atom stereocenters. The maximum atomic E-state index is 13.5. The Balaban J connectivity index is 1.82. The van der Waals surface area contributed by atoms with Gasteiger partial charge in [-0.1, -0.05) is 11.6 Å². The van der Waals surface area contributed by atoms with E-state index in [4.69, 9.17) is 19.8 Å². The van der Waals surface area contributed by atoms with Crippen LogP contribution < -0.4 is 10.0 Å². The molecular formula is C18H18ClFN6O3S2. The average Bonchev–Trinajstić information content (AvgIpc) is 3.42. The summed E-state index contributed by atoms with van der Waals surface area (Å²) in [4.78, 5) is 21.9. The topological polar surface area (TPSA) is 109 Å². The standard InChI is InChI=1S/C18H18ClFN6O3S2/c1-25-8-14(22-9-25)16-7-21-18(30-16)13-6-15(26(2)31(28,29)24-13)17(27)23-10-3-4-12(20)11(19)5-10/h3-5,7-9,13,15,24H,6H2,1-2H3,(H,23,27)/t13-,15+/m0/s1/i2D3,6D,13D,15D/t6?,13-,15+. The van der Waals surface area contributed by atoms with Crippen LogP contribution in [0.2, 0.25) is 5.02 Å². The molecule has 0 aliphatic carbocycles. The molecule has 3 aromatic rings. The molecule has 1 aliphatic heterocycles. The van der Waals surface area contributed by atoms with Crippen molar-refractivity contribution in [2.75, 3.05) is 12.3 Å². The van der Waals surface area contributed by atoms with Crippen LogP contribution in [0.4, 0.5) is 10.1 Å². The summed E-state index contributed by atoms with van der Waals surface area (Å²) in [5, 5.41) is 1.38. The zero-order chi connectivity index (χ0) is 27.6. The highest BCUT2D eigenvalue weighted by Crippen LogP contribution is 2.34.